The van der Waals surface area contributed by atoms with E-state index in [1.54, 1.807) is 7.11 Å². The van der Waals surface area contributed by atoms with Crippen molar-refractivity contribution < 1.29 is 13.8 Å². The second-order valence-corrected chi connectivity index (χ2v) is 6.47. The lowest BCUT2D eigenvalue weighted by Gasteiger charge is -2.31. The molecule has 132 valence electrons. The Morgan fingerprint density at radius 1 is 1.21 bits per heavy atom. The molecule has 0 amide bonds. The summed E-state index contributed by atoms with van der Waals surface area (Å²) in [7, 11) is 1.66. The quantitative estimate of drug-likeness (QED) is 0.762. The van der Waals surface area contributed by atoms with Crippen LogP contribution in [0.5, 0.6) is 0 Å². The van der Waals surface area contributed by atoms with Crippen LogP contribution in [0.15, 0.2) is 9.05 Å². The fraction of sp³-hybridized carbons (Fsp3) is 0.750. The predicted octanol–water partition coefficient (Wildman–Crippen LogP) is 2.49. The van der Waals surface area contributed by atoms with Crippen LogP contribution in [0.3, 0.4) is 0 Å². The molecule has 8 heteroatoms. The summed E-state index contributed by atoms with van der Waals surface area (Å²) in [5.41, 5.74) is 0. The zero-order chi connectivity index (χ0) is 16.9. The number of nitrogens with zero attached hydrogens (tertiary/aromatic N) is 5. The van der Waals surface area contributed by atoms with Gasteiger partial charge in [0.15, 0.2) is 11.6 Å². The van der Waals surface area contributed by atoms with Crippen molar-refractivity contribution in [3.63, 3.8) is 0 Å². The highest BCUT2D eigenvalue weighted by atomic mass is 16.5. The van der Waals surface area contributed by atoms with Crippen LogP contribution in [-0.2, 0) is 17.7 Å². The van der Waals surface area contributed by atoms with E-state index >= 15 is 0 Å². The standard InChI is InChI=1S/C16H25N5O3/c1-11(2)15-18-16(24-20-15)12-6-4-5-8-21(12)10-14-17-13(19-23-14)7-9-22-3/h11-12H,4-10H2,1-3H3/t12-/m0/s1. The van der Waals surface area contributed by atoms with E-state index in [9.17, 15) is 0 Å². The molecule has 24 heavy (non-hydrogen) atoms. The molecule has 1 saturated heterocycles. The molecule has 0 unspecified atom stereocenters. The maximum Gasteiger partial charge on any atom is 0.244 e. The van der Waals surface area contributed by atoms with Crippen molar-refractivity contribution in [2.45, 2.75) is 58.0 Å². The summed E-state index contributed by atoms with van der Waals surface area (Å²) in [6.07, 6.45) is 3.96. The van der Waals surface area contributed by atoms with E-state index in [1.165, 1.54) is 0 Å². The van der Waals surface area contributed by atoms with Gasteiger partial charge in [0.2, 0.25) is 11.8 Å². The number of hydrogen-bond donors (Lipinski definition) is 0. The number of likely N-dealkylation sites (tertiary alicyclic amines) is 1. The molecule has 0 bridgehead atoms. The van der Waals surface area contributed by atoms with Crippen molar-refractivity contribution in [2.75, 3.05) is 20.3 Å². The van der Waals surface area contributed by atoms with Crippen LogP contribution >= 0.6 is 0 Å². The predicted molar refractivity (Wildman–Crippen MR) is 85.3 cm³/mol. The van der Waals surface area contributed by atoms with Crippen molar-refractivity contribution >= 4 is 0 Å². The largest absolute Gasteiger partial charge is 0.384 e. The van der Waals surface area contributed by atoms with E-state index in [4.69, 9.17) is 13.8 Å². The lowest BCUT2D eigenvalue weighted by molar-refractivity contribution is 0.0985. The molecule has 8 nitrogen and oxygen atoms in total. The lowest BCUT2D eigenvalue weighted by atomic mass is 10.0. The first-order chi connectivity index (χ1) is 11.7. The number of methoxy groups -OCH3 is 1. The minimum Gasteiger partial charge on any atom is -0.384 e. The third-order valence-corrected chi connectivity index (χ3v) is 4.25. The van der Waals surface area contributed by atoms with Gasteiger partial charge in [-0.25, -0.2) is 0 Å². The summed E-state index contributed by atoms with van der Waals surface area (Å²) in [5.74, 6) is 3.02. The van der Waals surface area contributed by atoms with Crippen LogP contribution in [0.4, 0.5) is 0 Å². The van der Waals surface area contributed by atoms with Gasteiger partial charge in [-0.2, -0.15) is 9.97 Å². The summed E-state index contributed by atoms with van der Waals surface area (Å²) in [5, 5.41) is 8.09. The van der Waals surface area contributed by atoms with Crippen LogP contribution < -0.4 is 0 Å². The molecule has 0 aliphatic carbocycles. The summed E-state index contributed by atoms with van der Waals surface area (Å²) >= 11 is 0. The average Bonchev–Trinajstić information content (AvgIpc) is 3.23. The van der Waals surface area contributed by atoms with Crippen LogP contribution in [0.2, 0.25) is 0 Å². The molecule has 2 aromatic heterocycles. The normalized spacial score (nSPS) is 19.2. The lowest BCUT2D eigenvalue weighted by Crippen LogP contribution is -2.33. The molecule has 1 aliphatic heterocycles. The van der Waals surface area contributed by atoms with Crippen molar-refractivity contribution in [1.82, 2.24) is 25.2 Å². The maximum atomic E-state index is 5.51. The highest BCUT2D eigenvalue weighted by molar-refractivity contribution is 4.99. The van der Waals surface area contributed by atoms with Crippen LogP contribution in [-0.4, -0.2) is 45.4 Å². The summed E-state index contributed by atoms with van der Waals surface area (Å²) in [4.78, 5) is 11.3. The Hall–Kier alpha value is -1.80. The molecule has 1 atom stereocenters. The van der Waals surface area contributed by atoms with Gasteiger partial charge in [-0.05, 0) is 19.4 Å². The minimum absolute atomic E-state index is 0.119. The number of piperidine rings is 1. The Morgan fingerprint density at radius 3 is 2.83 bits per heavy atom. The molecule has 3 heterocycles. The molecule has 0 N–H and O–H groups in total. The molecule has 1 aliphatic rings. The minimum atomic E-state index is 0.119. The molecule has 1 fully saturated rings. The fourth-order valence-electron chi connectivity index (χ4n) is 2.90. The second kappa shape index (κ2) is 7.85. The molecule has 3 rings (SSSR count). The van der Waals surface area contributed by atoms with Gasteiger partial charge in [0, 0.05) is 19.4 Å². The number of hydrogen-bond acceptors (Lipinski definition) is 8. The van der Waals surface area contributed by atoms with E-state index in [2.05, 4.69) is 39.0 Å². The van der Waals surface area contributed by atoms with Crippen molar-refractivity contribution in [3.05, 3.63) is 23.4 Å². The molecular formula is C16H25N5O3. The summed E-state index contributed by atoms with van der Waals surface area (Å²) in [6, 6.07) is 0.119. The topological polar surface area (TPSA) is 90.3 Å². The van der Waals surface area contributed by atoms with Gasteiger partial charge in [0.05, 0.1) is 19.2 Å². The first-order valence-corrected chi connectivity index (χ1v) is 8.55. The average molecular weight is 335 g/mol. The summed E-state index contributed by atoms with van der Waals surface area (Å²) in [6.45, 7) is 6.27. The van der Waals surface area contributed by atoms with Crippen molar-refractivity contribution in [3.8, 4) is 0 Å². The van der Waals surface area contributed by atoms with Crippen LogP contribution in [0.25, 0.3) is 0 Å². The van der Waals surface area contributed by atoms with Crippen molar-refractivity contribution in [1.29, 1.82) is 0 Å². The molecule has 0 saturated carbocycles. The van der Waals surface area contributed by atoms with Gasteiger partial charge in [-0.15, -0.1) is 0 Å². The van der Waals surface area contributed by atoms with E-state index in [0.717, 1.165) is 31.6 Å². The first kappa shape index (κ1) is 17.0. The van der Waals surface area contributed by atoms with E-state index in [1.807, 2.05) is 0 Å². The molecule has 2 aromatic rings. The third kappa shape index (κ3) is 3.99. The van der Waals surface area contributed by atoms with Gasteiger partial charge in [0.1, 0.15) is 0 Å². The summed E-state index contributed by atoms with van der Waals surface area (Å²) < 4.78 is 15.9. The molecular weight excluding hydrogens is 310 g/mol. The highest BCUT2D eigenvalue weighted by Crippen LogP contribution is 2.31. The maximum absolute atomic E-state index is 5.51. The molecule has 0 radical (unpaired) electrons. The Kier molecular flexibility index (Phi) is 5.57. The molecule has 0 spiro atoms. The number of rotatable bonds is 7. The first-order valence-electron chi connectivity index (χ1n) is 8.55. The van der Waals surface area contributed by atoms with Crippen molar-refractivity contribution in [2.24, 2.45) is 0 Å². The highest BCUT2D eigenvalue weighted by Gasteiger charge is 2.30. The molecule has 0 aromatic carbocycles. The third-order valence-electron chi connectivity index (χ3n) is 4.25. The van der Waals surface area contributed by atoms with Gasteiger partial charge < -0.3 is 13.8 Å². The fourth-order valence-corrected chi connectivity index (χ4v) is 2.90. The Bertz CT molecular complexity index is 639. The van der Waals surface area contributed by atoms with E-state index < -0.39 is 0 Å². The smallest absolute Gasteiger partial charge is 0.244 e. The van der Waals surface area contributed by atoms with Gasteiger partial charge in [-0.3, -0.25) is 4.90 Å². The Balaban J connectivity index is 1.68. The van der Waals surface area contributed by atoms with E-state index in [-0.39, 0.29) is 12.0 Å². The van der Waals surface area contributed by atoms with Crippen LogP contribution in [0, 0.1) is 0 Å². The zero-order valence-electron chi connectivity index (χ0n) is 14.6. The van der Waals surface area contributed by atoms with Gasteiger partial charge in [0.25, 0.3) is 0 Å². The monoisotopic (exact) mass is 335 g/mol. The van der Waals surface area contributed by atoms with E-state index in [0.29, 0.717) is 37.2 Å². The SMILES string of the molecule is COCCc1noc(CN2CCCC[C@H]2c2nc(C(C)C)no2)n1. The Morgan fingerprint density at radius 2 is 2.08 bits per heavy atom. The Labute approximate surface area is 141 Å². The van der Waals surface area contributed by atoms with Crippen LogP contribution in [0.1, 0.15) is 68.5 Å². The second-order valence-electron chi connectivity index (χ2n) is 6.47. The number of ether oxygens (including phenoxy) is 1. The zero-order valence-corrected chi connectivity index (χ0v) is 14.6. The van der Waals surface area contributed by atoms with Gasteiger partial charge in [-0.1, -0.05) is 30.6 Å². The van der Waals surface area contributed by atoms with Gasteiger partial charge >= 0.3 is 0 Å². The number of aromatic nitrogens is 4.